The number of hydrogen-bond acceptors (Lipinski definition) is 4. The standard InChI is InChI=1S/C25H38O4/c1-2-3-4-5-6-7-8-9-10-11-12-13-14-15-16-17-18-19-20-21-24(28)25(29,22-26)23-27/h10-21,26-27,29H,2-9,22-23H2,1H3. The number of ketones is 1. The number of carbonyl (C=O) groups excluding carboxylic acids is 1. The van der Waals surface area contributed by atoms with Gasteiger partial charge in [-0.1, -0.05) is 112 Å². The number of allylic oxidation sites excluding steroid dienone is 11. The summed E-state index contributed by atoms with van der Waals surface area (Å²) in [7, 11) is 0. The van der Waals surface area contributed by atoms with Gasteiger partial charge >= 0.3 is 0 Å². The van der Waals surface area contributed by atoms with Crippen molar-refractivity contribution in [2.45, 2.75) is 63.9 Å². The fourth-order valence-corrected chi connectivity index (χ4v) is 2.41. The molecular formula is C25H38O4. The van der Waals surface area contributed by atoms with Gasteiger partial charge < -0.3 is 15.3 Å². The Hall–Kier alpha value is -2.01. The summed E-state index contributed by atoms with van der Waals surface area (Å²) < 4.78 is 0. The summed E-state index contributed by atoms with van der Waals surface area (Å²) in [5.41, 5.74) is -2.11. The lowest BCUT2D eigenvalue weighted by Gasteiger charge is -2.18. The summed E-state index contributed by atoms with van der Waals surface area (Å²) in [4.78, 5) is 11.6. The molecule has 0 aliphatic rings. The average molecular weight is 403 g/mol. The Morgan fingerprint density at radius 1 is 0.690 bits per heavy atom. The molecule has 0 amide bonds. The third-order valence-electron chi connectivity index (χ3n) is 4.34. The first-order valence-corrected chi connectivity index (χ1v) is 10.6. The highest BCUT2D eigenvalue weighted by Crippen LogP contribution is 2.08. The van der Waals surface area contributed by atoms with Crippen molar-refractivity contribution >= 4 is 5.78 Å². The van der Waals surface area contributed by atoms with E-state index in [0.717, 1.165) is 12.5 Å². The Bertz CT molecular complexity index is 576. The predicted octanol–water partition coefficient (Wildman–Crippen LogP) is 4.75. The maximum atomic E-state index is 11.6. The molecule has 0 aliphatic carbocycles. The highest BCUT2D eigenvalue weighted by atomic mass is 16.4. The van der Waals surface area contributed by atoms with Crippen LogP contribution in [0, 0.1) is 0 Å². The monoisotopic (exact) mass is 402 g/mol. The second-order valence-corrected chi connectivity index (χ2v) is 6.95. The zero-order chi connectivity index (χ0) is 21.6. The highest BCUT2D eigenvalue weighted by molar-refractivity contribution is 5.97. The Morgan fingerprint density at radius 2 is 1.14 bits per heavy atom. The quantitative estimate of drug-likeness (QED) is 0.186. The second kappa shape index (κ2) is 19.3. The van der Waals surface area contributed by atoms with E-state index < -0.39 is 24.6 Å². The van der Waals surface area contributed by atoms with Crippen LogP contribution < -0.4 is 0 Å². The van der Waals surface area contributed by atoms with Crippen LogP contribution in [-0.2, 0) is 4.79 Å². The molecule has 0 saturated carbocycles. The van der Waals surface area contributed by atoms with Crippen LogP contribution >= 0.6 is 0 Å². The minimum Gasteiger partial charge on any atom is -0.393 e. The molecule has 0 aromatic heterocycles. The fourth-order valence-electron chi connectivity index (χ4n) is 2.41. The molecule has 0 aliphatic heterocycles. The van der Waals surface area contributed by atoms with Crippen LogP contribution in [0.3, 0.4) is 0 Å². The molecule has 0 saturated heterocycles. The highest BCUT2D eigenvalue weighted by Gasteiger charge is 2.32. The average Bonchev–Trinajstić information content (AvgIpc) is 2.74. The van der Waals surface area contributed by atoms with E-state index in [9.17, 15) is 9.90 Å². The Kier molecular flexibility index (Phi) is 18.0. The third-order valence-corrected chi connectivity index (χ3v) is 4.34. The molecule has 4 heteroatoms. The number of aliphatic hydroxyl groups excluding tert-OH is 2. The summed E-state index contributed by atoms with van der Waals surface area (Å²) in [6, 6.07) is 0. The van der Waals surface area contributed by atoms with E-state index in [2.05, 4.69) is 19.1 Å². The second-order valence-electron chi connectivity index (χ2n) is 6.95. The van der Waals surface area contributed by atoms with Gasteiger partial charge in [0.05, 0.1) is 13.2 Å². The Balaban J connectivity index is 3.88. The van der Waals surface area contributed by atoms with E-state index in [1.54, 1.807) is 18.2 Å². The molecule has 0 fully saturated rings. The maximum absolute atomic E-state index is 11.6. The van der Waals surface area contributed by atoms with Crippen molar-refractivity contribution in [1.29, 1.82) is 0 Å². The van der Waals surface area contributed by atoms with Gasteiger partial charge in [-0.15, -0.1) is 0 Å². The SMILES string of the molecule is CCCCCCCCCC=CC=CC=CC=CC=CC=CC(=O)C(O)(CO)CO. The van der Waals surface area contributed by atoms with Gasteiger partial charge in [-0.2, -0.15) is 0 Å². The van der Waals surface area contributed by atoms with E-state index in [1.165, 1.54) is 51.0 Å². The molecule has 0 aromatic rings. The first kappa shape index (κ1) is 27.0. The third kappa shape index (κ3) is 15.6. The van der Waals surface area contributed by atoms with Crippen molar-refractivity contribution in [2.75, 3.05) is 13.2 Å². The van der Waals surface area contributed by atoms with Gasteiger partial charge in [-0.05, 0) is 18.9 Å². The van der Waals surface area contributed by atoms with Gasteiger partial charge in [0.25, 0.3) is 0 Å². The molecule has 162 valence electrons. The van der Waals surface area contributed by atoms with Crippen LogP contribution in [0.2, 0.25) is 0 Å². The number of hydrogen-bond donors (Lipinski definition) is 3. The summed E-state index contributed by atoms with van der Waals surface area (Å²) in [6.07, 6.45) is 32.2. The molecule has 0 aromatic carbocycles. The zero-order valence-corrected chi connectivity index (χ0v) is 17.7. The fraction of sp³-hybridized carbons (Fsp3) is 0.480. The zero-order valence-electron chi connectivity index (χ0n) is 17.7. The lowest BCUT2D eigenvalue weighted by molar-refractivity contribution is -0.141. The Morgan fingerprint density at radius 3 is 1.66 bits per heavy atom. The van der Waals surface area contributed by atoms with Gasteiger partial charge in [0, 0.05) is 0 Å². The van der Waals surface area contributed by atoms with Crippen molar-refractivity contribution in [3.8, 4) is 0 Å². The van der Waals surface area contributed by atoms with E-state index >= 15 is 0 Å². The summed E-state index contributed by atoms with van der Waals surface area (Å²) in [6.45, 7) is 0.611. The molecule has 0 bridgehead atoms. The number of unbranched alkanes of at least 4 members (excludes halogenated alkanes) is 7. The van der Waals surface area contributed by atoms with Crippen molar-refractivity contribution in [2.24, 2.45) is 0 Å². The molecule has 0 rings (SSSR count). The number of carbonyl (C=O) groups is 1. The van der Waals surface area contributed by atoms with E-state index in [0.29, 0.717) is 0 Å². The molecule has 0 unspecified atom stereocenters. The number of aliphatic hydroxyl groups is 3. The largest absolute Gasteiger partial charge is 0.393 e. The van der Waals surface area contributed by atoms with Crippen molar-refractivity contribution < 1.29 is 20.1 Å². The van der Waals surface area contributed by atoms with Crippen LogP contribution in [0.5, 0.6) is 0 Å². The Labute approximate surface area is 176 Å². The van der Waals surface area contributed by atoms with Crippen molar-refractivity contribution in [3.63, 3.8) is 0 Å². The molecule has 0 radical (unpaired) electrons. The van der Waals surface area contributed by atoms with Gasteiger partial charge in [0.15, 0.2) is 11.4 Å². The minimum absolute atomic E-state index is 0.735. The summed E-state index contributed by atoms with van der Waals surface area (Å²) >= 11 is 0. The van der Waals surface area contributed by atoms with Gasteiger partial charge in [0.1, 0.15) is 0 Å². The predicted molar refractivity (Wildman–Crippen MR) is 122 cm³/mol. The van der Waals surface area contributed by atoms with E-state index in [-0.39, 0.29) is 0 Å². The van der Waals surface area contributed by atoms with Gasteiger partial charge in [-0.25, -0.2) is 0 Å². The summed E-state index contributed by atoms with van der Waals surface area (Å²) in [5.74, 6) is -0.735. The van der Waals surface area contributed by atoms with Crippen LogP contribution in [0.25, 0.3) is 0 Å². The molecule has 29 heavy (non-hydrogen) atoms. The smallest absolute Gasteiger partial charge is 0.191 e. The lowest BCUT2D eigenvalue weighted by atomic mass is 10.0. The maximum Gasteiger partial charge on any atom is 0.191 e. The molecular weight excluding hydrogens is 364 g/mol. The van der Waals surface area contributed by atoms with E-state index in [4.69, 9.17) is 10.2 Å². The first-order valence-electron chi connectivity index (χ1n) is 10.6. The van der Waals surface area contributed by atoms with Crippen LogP contribution in [0.15, 0.2) is 72.9 Å². The van der Waals surface area contributed by atoms with Crippen molar-refractivity contribution in [3.05, 3.63) is 72.9 Å². The topological polar surface area (TPSA) is 77.8 Å². The van der Waals surface area contributed by atoms with Crippen LogP contribution in [-0.4, -0.2) is 39.9 Å². The lowest BCUT2D eigenvalue weighted by Crippen LogP contribution is -2.45. The van der Waals surface area contributed by atoms with Crippen molar-refractivity contribution in [1.82, 2.24) is 0 Å². The molecule has 4 nitrogen and oxygen atoms in total. The van der Waals surface area contributed by atoms with Crippen LogP contribution in [0.1, 0.15) is 58.3 Å². The normalized spacial score (nSPS) is 13.5. The molecule has 3 N–H and O–H groups in total. The first-order chi connectivity index (χ1) is 14.1. The van der Waals surface area contributed by atoms with E-state index in [1.807, 2.05) is 30.4 Å². The number of rotatable bonds is 17. The minimum atomic E-state index is -2.11. The molecule has 0 spiro atoms. The van der Waals surface area contributed by atoms with Gasteiger partial charge in [0.2, 0.25) is 0 Å². The van der Waals surface area contributed by atoms with Gasteiger partial charge in [-0.3, -0.25) is 4.79 Å². The molecule has 0 atom stereocenters. The molecule has 0 heterocycles. The van der Waals surface area contributed by atoms with Crippen LogP contribution in [0.4, 0.5) is 0 Å². The summed E-state index contributed by atoms with van der Waals surface area (Å²) in [5, 5.41) is 27.4.